The minimum Gasteiger partial charge on any atom is -0.462 e. The first-order valence-corrected chi connectivity index (χ1v) is 32.9. The SMILES string of the molecule is CC/C=C\C/C=C\C/C=C\C/C=C\C/C=C\CCCCCCCC(=O)OC(COC(=O)CCCCCCC/C=C\CCCCC)COC(=O)CCCCCCCCCCCCCC/C=C\C/C=C\C/C=C\CCCCCCC. The second-order valence-corrected chi connectivity index (χ2v) is 21.6. The normalized spacial score (nSPS) is 12.8. The number of hydrogen-bond acceptors (Lipinski definition) is 6. The molecule has 1 atom stereocenters. The molecule has 0 amide bonds. The molecule has 0 radical (unpaired) electrons. The van der Waals surface area contributed by atoms with E-state index in [9.17, 15) is 14.4 Å². The van der Waals surface area contributed by atoms with Crippen molar-refractivity contribution in [1.29, 1.82) is 0 Å². The van der Waals surface area contributed by atoms with Crippen molar-refractivity contribution >= 4 is 17.9 Å². The molecule has 0 aliphatic rings. The van der Waals surface area contributed by atoms with E-state index in [0.29, 0.717) is 19.3 Å². The largest absolute Gasteiger partial charge is 0.462 e. The lowest BCUT2D eigenvalue weighted by Crippen LogP contribution is -2.30. The minimum atomic E-state index is -0.795. The van der Waals surface area contributed by atoms with E-state index in [0.717, 1.165) is 128 Å². The Kier molecular flexibility index (Phi) is 62.3. The van der Waals surface area contributed by atoms with Crippen LogP contribution in [0.4, 0.5) is 0 Å². The van der Waals surface area contributed by atoms with Gasteiger partial charge in [0.2, 0.25) is 0 Å². The Morgan fingerprint density at radius 2 is 0.500 bits per heavy atom. The van der Waals surface area contributed by atoms with Gasteiger partial charge in [-0.2, -0.15) is 0 Å². The van der Waals surface area contributed by atoms with Gasteiger partial charge in [-0.05, 0) is 128 Å². The van der Waals surface area contributed by atoms with E-state index in [2.05, 4.69) is 130 Å². The fourth-order valence-corrected chi connectivity index (χ4v) is 9.06. The maximum atomic E-state index is 12.9. The first-order chi connectivity index (χ1) is 38.5. The number of allylic oxidation sites excluding steroid dienone is 18. The summed E-state index contributed by atoms with van der Waals surface area (Å²) in [7, 11) is 0. The molecule has 0 aromatic rings. The molecule has 446 valence electrons. The van der Waals surface area contributed by atoms with Crippen LogP contribution in [0.25, 0.3) is 0 Å². The van der Waals surface area contributed by atoms with Crippen LogP contribution >= 0.6 is 0 Å². The van der Waals surface area contributed by atoms with E-state index < -0.39 is 6.10 Å². The third kappa shape index (κ3) is 62.9. The monoisotopic (exact) mass is 1080 g/mol. The Hall–Kier alpha value is -3.93. The van der Waals surface area contributed by atoms with Gasteiger partial charge < -0.3 is 14.2 Å². The second-order valence-electron chi connectivity index (χ2n) is 21.6. The standard InChI is InChI=1S/C72H122O6/c1-4-7-10-13-16-19-22-25-27-29-31-33-34-35-36-37-38-40-41-43-45-47-50-53-56-59-62-65-71(74)77-68-69(67-76-70(73)64-61-58-55-52-49-24-21-18-15-12-9-6-3)78-72(75)66-63-60-57-54-51-48-46-44-42-39-32-30-28-26-23-20-17-14-11-8-5-2/h8,11,17-18,20-22,25-26,28-29,31-32,34-35,39,44,46,69H,4-7,9-10,12-16,19,23-24,27,30,33,36-38,40-43,45,47-68H2,1-3H3/b11-8-,20-17-,21-18-,25-22-,28-26-,31-29-,35-34-,39-32-,46-44-. The Morgan fingerprint density at radius 1 is 0.269 bits per heavy atom. The zero-order chi connectivity index (χ0) is 56.4. The number of rotatable bonds is 59. The third-order valence-corrected chi connectivity index (χ3v) is 14.0. The average Bonchev–Trinajstić information content (AvgIpc) is 3.44. The van der Waals surface area contributed by atoms with Gasteiger partial charge in [0.15, 0.2) is 6.10 Å². The molecule has 1 unspecified atom stereocenters. The van der Waals surface area contributed by atoms with E-state index in [1.54, 1.807) is 0 Å². The van der Waals surface area contributed by atoms with Gasteiger partial charge in [-0.3, -0.25) is 14.4 Å². The van der Waals surface area contributed by atoms with E-state index in [-0.39, 0.29) is 31.1 Å². The Labute approximate surface area is 482 Å². The molecule has 6 heteroatoms. The quantitative estimate of drug-likeness (QED) is 0.0261. The van der Waals surface area contributed by atoms with Crippen molar-refractivity contribution in [2.75, 3.05) is 13.2 Å². The fourth-order valence-electron chi connectivity index (χ4n) is 9.06. The highest BCUT2D eigenvalue weighted by Gasteiger charge is 2.19. The predicted octanol–water partition coefficient (Wildman–Crippen LogP) is 22.6. The highest BCUT2D eigenvalue weighted by Crippen LogP contribution is 2.16. The van der Waals surface area contributed by atoms with Crippen molar-refractivity contribution in [2.24, 2.45) is 0 Å². The van der Waals surface area contributed by atoms with E-state index >= 15 is 0 Å². The number of unbranched alkanes of at least 4 members (excludes halogenated alkanes) is 30. The third-order valence-electron chi connectivity index (χ3n) is 14.0. The molecule has 0 saturated carbocycles. The molecule has 0 heterocycles. The van der Waals surface area contributed by atoms with Gasteiger partial charge in [-0.25, -0.2) is 0 Å². The lowest BCUT2D eigenvalue weighted by atomic mass is 10.0. The molecule has 6 nitrogen and oxygen atoms in total. The van der Waals surface area contributed by atoms with Crippen LogP contribution in [-0.2, 0) is 28.6 Å². The number of carbonyl (C=O) groups is 3. The van der Waals surface area contributed by atoms with Crippen molar-refractivity contribution in [3.63, 3.8) is 0 Å². The number of ether oxygens (including phenoxy) is 3. The number of esters is 3. The van der Waals surface area contributed by atoms with E-state index in [4.69, 9.17) is 14.2 Å². The van der Waals surface area contributed by atoms with Gasteiger partial charge in [0.1, 0.15) is 13.2 Å². The van der Waals surface area contributed by atoms with Crippen LogP contribution in [0, 0.1) is 0 Å². The summed E-state index contributed by atoms with van der Waals surface area (Å²) in [6.45, 7) is 6.49. The minimum absolute atomic E-state index is 0.0899. The van der Waals surface area contributed by atoms with Gasteiger partial charge in [-0.15, -0.1) is 0 Å². The smallest absolute Gasteiger partial charge is 0.306 e. The second kappa shape index (κ2) is 65.6. The zero-order valence-corrected chi connectivity index (χ0v) is 51.2. The molecule has 0 N–H and O–H groups in total. The average molecular weight is 1080 g/mol. The molecule has 0 rings (SSSR count). The van der Waals surface area contributed by atoms with E-state index in [1.807, 2.05) is 0 Å². The molecular weight excluding hydrogens is 961 g/mol. The van der Waals surface area contributed by atoms with Crippen LogP contribution in [-0.4, -0.2) is 37.2 Å². The van der Waals surface area contributed by atoms with Crippen LogP contribution in [0.5, 0.6) is 0 Å². The van der Waals surface area contributed by atoms with Crippen molar-refractivity contribution in [3.8, 4) is 0 Å². The van der Waals surface area contributed by atoms with Crippen LogP contribution in [0.1, 0.15) is 310 Å². The topological polar surface area (TPSA) is 78.9 Å². The highest BCUT2D eigenvalue weighted by molar-refractivity contribution is 5.71. The maximum Gasteiger partial charge on any atom is 0.306 e. The number of carbonyl (C=O) groups excluding carboxylic acids is 3. The van der Waals surface area contributed by atoms with Gasteiger partial charge in [-0.1, -0.05) is 271 Å². The van der Waals surface area contributed by atoms with Crippen LogP contribution in [0.2, 0.25) is 0 Å². The van der Waals surface area contributed by atoms with Gasteiger partial charge in [0.05, 0.1) is 0 Å². The van der Waals surface area contributed by atoms with Crippen molar-refractivity contribution in [2.45, 2.75) is 316 Å². The lowest BCUT2D eigenvalue weighted by Gasteiger charge is -2.18. The number of hydrogen-bond donors (Lipinski definition) is 0. The van der Waals surface area contributed by atoms with Crippen molar-refractivity contribution in [1.82, 2.24) is 0 Å². The lowest BCUT2D eigenvalue weighted by molar-refractivity contribution is -0.167. The molecule has 0 bridgehead atoms. The van der Waals surface area contributed by atoms with Crippen molar-refractivity contribution in [3.05, 3.63) is 109 Å². The van der Waals surface area contributed by atoms with Crippen LogP contribution in [0.3, 0.4) is 0 Å². The Morgan fingerprint density at radius 3 is 0.821 bits per heavy atom. The molecule has 0 fully saturated rings. The first kappa shape index (κ1) is 74.1. The Balaban J connectivity index is 4.32. The van der Waals surface area contributed by atoms with Gasteiger partial charge in [0, 0.05) is 19.3 Å². The first-order valence-electron chi connectivity index (χ1n) is 32.9. The summed E-state index contributed by atoms with van der Waals surface area (Å²) in [6, 6.07) is 0. The molecule has 0 spiro atoms. The summed E-state index contributed by atoms with van der Waals surface area (Å²) >= 11 is 0. The summed E-state index contributed by atoms with van der Waals surface area (Å²) < 4.78 is 16.9. The van der Waals surface area contributed by atoms with Gasteiger partial charge >= 0.3 is 17.9 Å². The summed E-state index contributed by atoms with van der Waals surface area (Å²) in [6.07, 6.45) is 89.5. The summed E-state index contributed by atoms with van der Waals surface area (Å²) in [5, 5.41) is 0. The predicted molar refractivity (Wildman–Crippen MR) is 339 cm³/mol. The molecule has 0 aliphatic carbocycles. The van der Waals surface area contributed by atoms with E-state index in [1.165, 1.54) is 141 Å². The van der Waals surface area contributed by atoms with Gasteiger partial charge in [0.25, 0.3) is 0 Å². The van der Waals surface area contributed by atoms with Crippen LogP contribution in [0.15, 0.2) is 109 Å². The molecular formula is C72H122O6. The summed E-state index contributed by atoms with van der Waals surface area (Å²) in [5.74, 6) is -0.913. The molecule has 0 saturated heterocycles. The fraction of sp³-hybridized carbons (Fsp3) is 0.708. The molecule has 0 aliphatic heterocycles. The summed E-state index contributed by atoms with van der Waals surface area (Å²) in [4.78, 5) is 38.3. The van der Waals surface area contributed by atoms with Crippen LogP contribution < -0.4 is 0 Å². The highest BCUT2D eigenvalue weighted by atomic mass is 16.6. The zero-order valence-electron chi connectivity index (χ0n) is 51.2. The molecule has 0 aromatic carbocycles. The van der Waals surface area contributed by atoms with Crippen molar-refractivity contribution < 1.29 is 28.6 Å². The maximum absolute atomic E-state index is 12.9. The summed E-state index contributed by atoms with van der Waals surface area (Å²) in [5.41, 5.74) is 0. The molecule has 0 aromatic heterocycles. The Bertz CT molecular complexity index is 1570. The molecule has 78 heavy (non-hydrogen) atoms.